The summed E-state index contributed by atoms with van der Waals surface area (Å²) in [5.74, 6) is 0.743. The highest BCUT2D eigenvalue weighted by Gasteiger charge is 2.20. The first-order chi connectivity index (χ1) is 15.2. The molecule has 0 bridgehead atoms. The Morgan fingerprint density at radius 2 is 1.74 bits per heavy atom. The Morgan fingerprint density at radius 1 is 1.00 bits per heavy atom. The number of esters is 1. The molecule has 0 atom stereocenters. The van der Waals surface area contributed by atoms with Crippen LogP contribution < -0.4 is 9.64 Å². The second-order valence-electron chi connectivity index (χ2n) is 7.85. The van der Waals surface area contributed by atoms with Gasteiger partial charge in [-0.25, -0.2) is 0 Å². The van der Waals surface area contributed by atoms with E-state index >= 15 is 0 Å². The maximum absolute atomic E-state index is 12.0. The number of carbonyl (C=O) groups is 1. The lowest BCUT2D eigenvalue weighted by Crippen LogP contribution is -2.47. The third-order valence-electron chi connectivity index (χ3n) is 5.97. The minimum Gasteiger partial charge on any atom is -0.495 e. The lowest BCUT2D eigenvalue weighted by molar-refractivity contribution is -0.143. The number of methoxy groups -OCH3 is 1. The quantitative estimate of drug-likeness (QED) is 0.521. The molecule has 3 aromatic rings. The van der Waals surface area contributed by atoms with E-state index in [1.165, 1.54) is 16.6 Å². The Balaban J connectivity index is 1.38. The van der Waals surface area contributed by atoms with Crippen molar-refractivity contribution in [3.8, 4) is 5.75 Å². The topological polar surface area (TPSA) is 46.9 Å². The molecule has 2 aromatic carbocycles. The molecule has 0 aliphatic carbocycles. The number of anilines is 1. The summed E-state index contributed by atoms with van der Waals surface area (Å²) in [6, 6.07) is 16.5. The van der Waals surface area contributed by atoms with Gasteiger partial charge in [-0.3, -0.25) is 9.69 Å². The molecule has 4 rings (SSSR count). The lowest BCUT2D eigenvalue weighted by atomic mass is 10.1. The number of nitrogens with zero attached hydrogens (tertiary/aromatic N) is 3. The largest absolute Gasteiger partial charge is 0.495 e. The van der Waals surface area contributed by atoms with Crippen LogP contribution in [0.4, 0.5) is 5.69 Å². The predicted molar refractivity (Wildman–Crippen MR) is 124 cm³/mol. The van der Waals surface area contributed by atoms with Crippen molar-refractivity contribution in [1.29, 1.82) is 0 Å². The van der Waals surface area contributed by atoms with Crippen molar-refractivity contribution in [2.45, 2.75) is 19.9 Å². The first kappa shape index (κ1) is 21.2. The molecule has 6 nitrogen and oxygen atoms in total. The molecule has 1 saturated heterocycles. The molecule has 2 heterocycles. The van der Waals surface area contributed by atoms with Gasteiger partial charge in [-0.05, 0) is 37.1 Å². The van der Waals surface area contributed by atoms with Crippen molar-refractivity contribution in [2.75, 3.05) is 51.3 Å². The molecule has 164 valence electrons. The fraction of sp³-hybridized carbons (Fsp3) is 0.400. The van der Waals surface area contributed by atoms with Gasteiger partial charge in [-0.1, -0.05) is 30.3 Å². The third kappa shape index (κ3) is 4.85. The maximum Gasteiger partial charge on any atom is 0.325 e. The van der Waals surface area contributed by atoms with Gasteiger partial charge in [0.05, 0.1) is 19.4 Å². The molecule has 0 unspecified atom stereocenters. The van der Waals surface area contributed by atoms with Crippen LogP contribution in [0.1, 0.15) is 12.5 Å². The van der Waals surface area contributed by atoms with Crippen LogP contribution in [0.3, 0.4) is 0 Å². The Hall–Kier alpha value is -2.99. The van der Waals surface area contributed by atoms with E-state index in [0.29, 0.717) is 6.61 Å². The SMILES string of the molecule is CCOC(=O)Cn1cc(CCN2CCN(c3ccccc3OC)CC2)c2ccccc21. The zero-order valence-corrected chi connectivity index (χ0v) is 18.4. The van der Waals surface area contributed by atoms with E-state index < -0.39 is 0 Å². The van der Waals surface area contributed by atoms with Crippen molar-refractivity contribution in [3.05, 3.63) is 60.3 Å². The number of rotatable bonds is 8. The van der Waals surface area contributed by atoms with Gasteiger partial charge in [-0.2, -0.15) is 0 Å². The van der Waals surface area contributed by atoms with Crippen molar-refractivity contribution in [2.24, 2.45) is 0 Å². The number of piperazine rings is 1. The standard InChI is InChI=1S/C25H31N3O3/c1-3-31-25(29)19-28-18-20(21-8-4-5-9-22(21)28)12-13-26-14-16-27(17-15-26)23-10-6-7-11-24(23)30-2/h4-11,18H,3,12-17,19H2,1-2H3. The smallest absolute Gasteiger partial charge is 0.325 e. The van der Waals surface area contributed by atoms with E-state index in [1.54, 1.807) is 7.11 Å². The van der Waals surface area contributed by atoms with Gasteiger partial charge in [0.15, 0.2) is 0 Å². The van der Waals surface area contributed by atoms with Crippen LogP contribution in [0.5, 0.6) is 5.75 Å². The monoisotopic (exact) mass is 421 g/mol. The third-order valence-corrected chi connectivity index (χ3v) is 5.97. The summed E-state index contributed by atoms with van der Waals surface area (Å²) in [5.41, 5.74) is 3.55. The van der Waals surface area contributed by atoms with E-state index in [1.807, 2.05) is 29.7 Å². The molecule has 1 fully saturated rings. The molecule has 1 aliphatic heterocycles. The molecular formula is C25H31N3O3. The van der Waals surface area contributed by atoms with Gasteiger partial charge in [0.1, 0.15) is 12.3 Å². The highest BCUT2D eigenvalue weighted by molar-refractivity contribution is 5.85. The van der Waals surface area contributed by atoms with Gasteiger partial charge in [-0.15, -0.1) is 0 Å². The van der Waals surface area contributed by atoms with Crippen LogP contribution in [-0.4, -0.2) is 61.9 Å². The van der Waals surface area contributed by atoms with Gasteiger partial charge >= 0.3 is 5.97 Å². The maximum atomic E-state index is 12.0. The van der Waals surface area contributed by atoms with Gasteiger partial charge < -0.3 is 18.9 Å². The average Bonchev–Trinajstić information content (AvgIpc) is 3.15. The van der Waals surface area contributed by atoms with Crippen molar-refractivity contribution >= 4 is 22.6 Å². The fourth-order valence-corrected chi connectivity index (χ4v) is 4.38. The van der Waals surface area contributed by atoms with Gasteiger partial charge in [0, 0.05) is 49.8 Å². The number of hydrogen-bond acceptors (Lipinski definition) is 5. The van der Waals surface area contributed by atoms with E-state index in [4.69, 9.17) is 9.47 Å². The molecule has 1 aliphatic rings. The minimum atomic E-state index is -0.192. The second-order valence-corrected chi connectivity index (χ2v) is 7.85. The highest BCUT2D eigenvalue weighted by atomic mass is 16.5. The summed E-state index contributed by atoms with van der Waals surface area (Å²) in [5, 5.41) is 1.22. The Bertz CT molecular complexity index is 1020. The molecule has 6 heteroatoms. The van der Waals surface area contributed by atoms with Gasteiger partial charge in [0.2, 0.25) is 0 Å². The number of carbonyl (C=O) groups excluding carboxylic acids is 1. The van der Waals surface area contributed by atoms with E-state index in [-0.39, 0.29) is 12.5 Å². The molecule has 0 radical (unpaired) electrons. The lowest BCUT2D eigenvalue weighted by Gasteiger charge is -2.36. The minimum absolute atomic E-state index is 0.192. The van der Waals surface area contributed by atoms with Crippen LogP contribution in [-0.2, 0) is 22.5 Å². The molecule has 0 N–H and O–H groups in total. The number of fused-ring (bicyclic) bond motifs is 1. The number of benzene rings is 2. The van der Waals surface area contributed by atoms with Crippen LogP contribution in [0, 0.1) is 0 Å². The van der Waals surface area contributed by atoms with Crippen LogP contribution in [0.25, 0.3) is 10.9 Å². The van der Waals surface area contributed by atoms with Crippen molar-refractivity contribution in [3.63, 3.8) is 0 Å². The first-order valence-corrected chi connectivity index (χ1v) is 11.0. The molecule has 0 amide bonds. The Kier molecular flexibility index (Phi) is 6.77. The Morgan fingerprint density at radius 3 is 2.52 bits per heavy atom. The van der Waals surface area contributed by atoms with E-state index in [2.05, 4.69) is 46.3 Å². The van der Waals surface area contributed by atoms with Gasteiger partial charge in [0.25, 0.3) is 0 Å². The average molecular weight is 422 g/mol. The van der Waals surface area contributed by atoms with Crippen LogP contribution >= 0.6 is 0 Å². The number of hydrogen-bond donors (Lipinski definition) is 0. The summed E-state index contributed by atoms with van der Waals surface area (Å²) in [4.78, 5) is 16.9. The fourth-order valence-electron chi connectivity index (χ4n) is 4.38. The predicted octanol–water partition coefficient (Wildman–Crippen LogP) is 3.58. The zero-order chi connectivity index (χ0) is 21.6. The summed E-state index contributed by atoms with van der Waals surface area (Å²) < 4.78 is 12.7. The summed E-state index contributed by atoms with van der Waals surface area (Å²) >= 11 is 0. The molecular weight excluding hydrogens is 390 g/mol. The summed E-state index contributed by atoms with van der Waals surface area (Å²) in [6.07, 6.45) is 3.08. The van der Waals surface area contributed by atoms with Crippen LogP contribution in [0.15, 0.2) is 54.7 Å². The Labute approximate surface area is 184 Å². The van der Waals surface area contributed by atoms with Crippen LogP contribution in [0.2, 0.25) is 0 Å². The van der Waals surface area contributed by atoms with E-state index in [9.17, 15) is 4.79 Å². The number of ether oxygens (including phenoxy) is 2. The number of aromatic nitrogens is 1. The van der Waals surface area contributed by atoms with Crippen molar-refractivity contribution < 1.29 is 14.3 Å². The summed E-state index contributed by atoms with van der Waals surface area (Å²) in [7, 11) is 1.73. The second kappa shape index (κ2) is 9.88. The first-order valence-electron chi connectivity index (χ1n) is 11.0. The number of para-hydroxylation sites is 3. The highest BCUT2D eigenvalue weighted by Crippen LogP contribution is 2.28. The molecule has 0 spiro atoms. The molecule has 0 saturated carbocycles. The zero-order valence-electron chi connectivity index (χ0n) is 18.4. The molecule has 31 heavy (non-hydrogen) atoms. The van der Waals surface area contributed by atoms with Crippen molar-refractivity contribution in [1.82, 2.24) is 9.47 Å². The molecule has 1 aromatic heterocycles. The van der Waals surface area contributed by atoms with E-state index in [0.717, 1.165) is 50.4 Å². The summed E-state index contributed by atoms with van der Waals surface area (Å²) in [6.45, 7) is 7.55. The normalized spacial score (nSPS) is 14.7.